The Morgan fingerprint density at radius 3 is 2.46 bits per heavy atom. The van der Waals surface area contributed by atoms with Crippen LogP contribution in [0.5, 0.6) is 0 Å². The van der Waals surface area contributed by atoms with Gasteiger partial charge in [0.15, 0.2) is 0 Å². The first kappa shape index (κ1) is 18.5. The van der Waals surface area contributed by atoms with E-state index in [9.17, 15) is 26.4 Å². The predicted molar refractivity (Wildman–Crippen MR) is 75.6 cm³/mol. The summed E-state index contributed by atoms with van der Waals surface area (Å²) in [6.45, 7) is -1.79. The van der Waals surface area contributed by atoms with Gasteiger partial charge in [-0.05, 0) is 18.2 Å². The molecule has 0 radical (unpaired) electrons. The molecular weight excluding hydrogens is 373 g/mol. The van der Waals surface area contributed by atoms with E-state index in [1.165, 1.54) is 0 Å². The van der Waals surface area contributed by atoms with Crippen molar-refractivity contribution < 1.29 is 31.5 Å². The van der Waals surface area contributed by atoms with E-state index in [1.807, 2.05) is 0 Å². The van der Waals surface area contributed by atoms with E-state index in [4.69, 9.17) is 22.0 Å². The molecule has 0 unspecified atom stereocenters. The molecule has 0 aliphatic carbocycles. The molecule has 11 heteroatoms. The van der Waals surface area contributed by atoms with Crippen LogP contribution in [0.25, 0.3) is 0 Å². The monoisotopic (exact) mass is 382 g/mol. The molecule has 24 heavy (non-hydrogen) atoms. The van der Waals surface area contributed by atoms with Crippen molar-refractivity contribution in [2.75, 3.05) is 13.1 Å². The summed E-state index contributed by atoms with van der Waals surface area (Å²) >= 11 is 5.70. The lowest BCUT2D eigenvalue weighted by atomic mass is 9.96. The number of sulfonamides is 1. The van der Waals surface area contributed by atoms with E-state index in [0.717, 1.165) is 18.2 Å². The maximum atomic E-state index is 13.0. The fourth-order valence-corrected chi connectivity index (χ4v) is 4.12. The molecule has 1 fully saturated rings. The van der Waals surface area contributed by atoms with Crippen molar-refractivity contribution in [1.82, 2.24) is 4.31 Å². The molecule has 0 saturated carbocycles. The highest BCUT2D eigenvalue weighted by Gasteiger charge is 2.54. The molecular formula is C13H10ClF3N2O4S. The largest absolute Gasteiger partial charge is 0.481 e. The number of benzene rings is 1. The van der Waals surface area contributed by atoms with Crippen molar-refractivity contribution in [3.8, 4) is 6.07 Å². The van der Waals surface area contributed by atoms with Crippen molar-refractivity contribution in [2.24, 2.45) is 11.8 Å². The number of halogens is 4. The van der Waals surface area contributed by atoms with Crippen LogP contribution >= 0.6 is 11.6 Å². The van der Waals surface area contributed by atoms with Crippen molar-refractivity contribution >= 4 is 27.6 Å². The molecule has 1 aromatic carbocycles. The highest BCUT2D eigenvalue weighted by atomic mass is 35.5. The van der Waals surface area contributed by atoms with Crippen LogP contribution in [0, 0.1) is 23.2 Å². The maximum absolute atomic E-state index is 13.0. The smallest absolute Gasteiger partial charge is 0.393 e. The number of alkyl halides is 3. The van der Waals surface area contributed by atoms with Gasteiger partial charge < -0.3 is 5.11 Å². The third-order valence-electron chi connectivity index (χ3n) is 3.72. The van der Waals surface area contributed by atoms with Gasteiger partial charge in [-0.15, -0.1) is 0 Å². The second-order valence-electron chi connectivity index (χ2n) is 5.17. The molecule has 1 N–H and O–H groups in total. The number of rotatable bonds is 3. The van der Waals surface area contributed by atoms with Gasteiger partial charge in [0.05, 0.1) is 27.3 Å². The zero-order valence-electron chi connectivity index (χ0n) is 11.8. The van der Waals surface area contributed by atoms with Gasteiger partial charge in [0, 0.05) is 13.1 Å². The number of aliphatic carboxylic acids is 1. The number of carboxylic acid groups (broad SMARTS) is 1. The van der Waals surface area contributed by atoms with Crippen LogP contribution in [0.15, 0.2) is 23.1 Å². The van der Waals surface area contributed by atoms with Crippen LogP contribution in [0.2, 0.25) is 5.02 Å². The molecule has 1 aliphatic heterocycles. The van der Waals surface area contributed by atoms with Crippen LogP contribution < -0.4 is 0 Å². The van der Waals surface area contributed by atoms with Crippen LogP contribution in [0.1, 0.15) is 5.56 Å². The summed E-state index contributed by atoms with van der Waals surface area (Å²) in [6, 6.07) is 4.80. The quantitative estimate of drug-likeness (QED) is 0.863. The first-order chi connectivity index (χ1) is 11.0. The van der Waals surface area contributed by atoms with Gasteiger partial charge in [-0.25, -0.2) is 8.42 Å². The van der Waals surface area contributed by atoms with Crippen LogP contribution in [-0.2, 0) is 14.8 Å². The number of carboxylic acids is 1. The summed E-state index contributed by atoms with van der Waals surface area (Å²) in [5.74, 6) is -5.90. The van der Waals surface area contributed by atoms with Gasteiger partial charge in [-0.3, -0.25) is 4.79 Å². The fourth-order valence-electron chi connectivity index (χ4n) is 2.45. The summed E-state index contributed by atoms with van der Waals surface area (Å²) in [7, 11) is -4.39. The molecule has 0 aromatic heterocycles. The lowest BCUT2D eigenvalue weighted by Crippen LogP contribution is -2.34. The Labute approximate surface area is 140 Å². The Bertz CT molecular complexity index is 819. The maximum Gasteiger partial charge on any atom is 0.393 e. The molecule has 1 heterocycles. The molecule has 6 nitrogen and oxygen atoms in total. The minimum Gasteiger partial charge on any atom is -0.481 e. The van der Waals surface area contributed by atoms with Crippen molar-refractivity contribution in [2.45, 2.75) is 11.1 Å². The minimum absolute atomic E-state index is 0.00514. The van der Waals surface area contributed by atoms with Gasteiger partial charge in [0.2, 0.25) is 10.0 Å². The fraction of sp³-hybridized carbons (Fsp3) is 0.385. The number of carbonyl (C=O) groups is 1. The highest BCUT2D eigenvalue weighted by Crippen LogP contribution is 2.39. The minimum atomic E-state index is -4.84. The summed E-state index contributed by atoms with van der Waals surface area (Å²) < 4.78 is 64.3. The summed E-state index contributed by atoms with van der Waals surface area (Å²) in [5.41, 5.74) is -0.154. The van der Waals surface area contributed by atoms with Crippen LogP contribution in [0.3, 0.4) is 0 Å². The van der Waals surface area contributed by atoms with Gasteiger partial charge in [-0.2, -0.15) is 22.7 Å². The zero-order chi connectivity index (χ0) is 18.3. The highest BCUT2D eigenvalue weighted by molar-refractivity contribution is 7.89. The van der Waals surface area contributed by atoms with Crippen LogP contribution in [-0.4, -0.2) is 43.1 Å². The van der Waals surface area contributed by atoms with E-state index in [2.05, 4.69) is 0 Å². The van der Waals surface area contributed by atoms with Gasteiger partial charge >= 0.3 is 12.1 Å². The van der Waals surface area contributed by atoms with E-state index in [0.29, 0.717) is 4.31 Å². The van der Waals surface area contributed by atoms with Gasteiger partial charge in [0.1, 0.15) is 6.07 Å². The SMILES string of the molecule is N#Cc1cc(S(=O)(=O)N2C[C@@H](C(F)(F)F)[C@H](C(=O)O)C2)ccc1Cl. The third-order valence-corrected chi connectivity index (χ3v) is 5.88. The lowest BCUT2D eigenvalue weighted by molar-refractivity contribution is -0.187. The topological polar surface area (TPSA) is 98.5 Å². The Kier molecular flexibility index (Phi) is 4.81. The third kappa shape index (κ3) is 3.33. The molecule has 1 saturated heterocycles. The number of hydrogen-bond acceptors (Lipinski definition) is 4. The van der Waals surface area contributed by atoms with Crippen molar-refractivity contribution in [1.29, 1.82) is 5.26 Å². The Hall–Kier alpha value is -1.83. The molecule has 0 amide bonds. The van der Waals surface area contributed by atoms with E-state index >= 15 is 0 Å². The second kappa shape index (κ2) is 6.23. The van der Waals surface area contributed by atoms with Gasteiger partial charge in [-0.1, -0.05) is 11.6 Å². The van der Waals surface area contributed by atoms with E-state index in [-0.39, 0.29) is 10.6 Å². The first-order valence-corrected chi connectivity index (χ1v) is 8.29. The summed E-state index contributed by atoms with van der Waals surface area (Å²) in [5, 5.41) is 17.8. The van der Waals surface area contributed by atoms with Crippen LogP contribution in [0.4, 0.5) is 13.2 Å². The molecule has 130 valence electrons. The van der Waals surface area contributed by atoms with E-state index < -0.39 is 52.0 Å². The summed E-state index contributed by atoms with van der Waals surface area (Å²) in [6.07, 6.45) is -4.84. The molecule has 1 aromatic rings. The normalized spacial score (nSPS) is 22.3. The van der Waals surface area contributed by atoms with E-state index in [1.54, 1.807) is 6.07 Å². The second-order valence-corrected chi connectivity index (χ2v) is 7.51. The summed E-state index contributed by atoms with van der Waals surface area (Å²) in [4.78, 5) is 10.6. The number of nitrogens with zero attached hydrogens (tertiary/aromatic N) is 2. The molecule has 1 aliphatic rings. The van der Waals surface area contributed by atoms with Gasteiger partial charge in [0.25, 0.3) is 0 Å². The number of hydrogen-bond donors (Lipinski definition) is 1. The zero-order valence-corrected chi connectivity index (χ0v) is 13.4. The Morgan fingerprint density at radius 2 is 2.00 bits per heavy atom. The average molecular weight is 383 g/mol. The Morgan fingerprint density at radius 1 is 1.38 bits per heavy atom. The Balaban J connectivity index is 2.41. The van der Waals surface area contributed by atoms with Crippen molar-refractivity contribution in [3.05, 3.63) is 28.8 Å². The lowest BCUT2D eigenvalue weighted by Gasteiger charge is -2.18. The average Bonchev–Trinajstić information content (AvgIpc) is 2.93. The molecule has 0 spiro atoms. The van der Waals surface area contributed by atoms with Crippen molar-refractivity contribution in [3.63, 3.8) is 0 Å². The molecule has 0 bridgehead atoms. The standard InChI is InChI=1S/C13H10ClF3N2O4S/c14-11-2-1-8(3-7(11)4-18)24(22,23)19-5-9(12(20)21)10(6-19)13(15,16)17/h1-3,9-10H,5-6H2,(H,20,21)/t9-,10-/m1/s1. The molecule has 2 atom stereocenters. The number of nitriles is 1. The first-order valence-electron chi connectivity index (χ1n) is 6.47. The molecule has 2 rings (SSSR count). The predicted octanol–water partition coefficient (Wildman–Crippen LogP) is 2.10.